The van der Waals surface area contributed by atoms with Crippen LogP contribution in [0.3, 0.4) is 0 Å². The summed E-state index contributed by atoms with van der Waals surface area (Å²) in [6, 6.07) is 1.44. The van der Waals surface area contributed by atoms with Crippen molar-refractivity contribution in [2.75, 3.05) is 0 Å². The Bertz CT molecular complexity index is 313. The van der Waals surface area contributed by atoms with Crippen molar-refractivity contribution in [3.05, 3.63) is 28.5 Å². The lowest BCUT2D eigenvalue weighted by Crippen LogP contribution is -2.09. The van der Waals surface area contributed by atoms with Crippen LogP contribution in [0.5, 0.6) is 0 Å². The van der Waals surface area contributed by atoms with Gasteiger partial charge in [0.25, 0.3) is 0 Å². The smallest absolute Gasteiger partial charge is 0.250 e. The Morgan fingerprint density at radius 2 is 2.08 bits per heavy atom. The van der Waals surface area contributed by atoms with Crippen molar-refractivity contribution in [3.8, 4) is 0 Å². The van der Waals surface area contributed by atoms with Crippen LogP contribution in [0.15, 0.2) is 12.3 Å². The van der Waals surface area contributed by atoms with E-state index in [1.165, 1.54) is 6.07 Å². The lowest BCUT2D eigenvalue weighted by molar-refractivity contribution is -0.141. The number of nitrogens with zero attached hydrogens (tertiary/aromatic N) is 1. The van der Waals surface area contributed by atoms with Gasteiger partial charge in [-0.15, -0.1) is 0 Å². The Balaban J connectivity index is 3.24. The fraction of sp³-hybridized carbons (Fsp3) is 0.286. The van der Waals surface area contributed by atoms with Crippen molar-refractivity contribution in [2.45, 2.75) is 11.5 Å². The van der Waals surface area contributed by atoms with E-state index in [4.69, 9.17) is 11.6 Å². The van der Waals surface area contributed by atoms with E-state index in [9.17, 15) is 13.2 Å². The molecule has 0 aliphatic heterocycles. The van der Waals surface area contributed by atoms with Gasteiger partial charge >= 0.3 is 6.18 Å². The highest BCUT2D eigenvalue weighted by Crippen LogP contribution is 2.34. The molecule has 1 heterocycles. The summed E-state index contributed by atoms with van der Waals surface area (Å²) in [5.41, 5.74) is -0.657. The topological polar surface area (TPSA) is 12.9 Å². The van der Waals surface area contributed by atoms with Crippen LogP contribution in [0.2, 0.25) is 5.02 Å². The maximum absolute atomic E-state index is 12.2. The monoisotopic (exact) mass is 273 g/mol. The molecule has 0 saturated carbocycles. The van der Waals surface area contributed by atoms with Crippen LogP contribution in [-0.4, -0.2) is 4.98 Å². The number of rotatable bonds is 1. The number of alkyl halides is 4. The van der Waals surface area contributed by atoms with E-state index < -0.39 is 11.9 Å². The second kappa shape index (κ2) is 3.84. The van der Waals surface area contributed by atoms with Gasteiger partial charge in [0.05, 0.1) is 5.02 Å². The molecule has 72 valence electrons. The highest BCUT2D eigenvalue weighted by atomic mass is 79.9. The molecule has 0 aliphatic carbocycles. The molecule has 6 heteroatoms. The number of hydrogen-bond donors (Lipinski definition) is 0. The molecule has 1 nitrogen and oxygen atoms in total. The van der Waals surface area contributed by atoms with Crippen LogP contribution in [0, 0.1) is 0 Å². The van der Waals surface area contributed by atoms with E-state index in [0.29, 0.717) is 5.56 Å². The molecule has 0 bridgehead atoms. The SMILES string of the molecule is FC(F)(F)c1nccc(CBr)c1Cl. The molecule has 0 aliphatic rings. The third kappa shape index (κ3) is 2.34. The molecule has 1 rings (SSSR count). The van der Waals surface area contributed by atoms with Gasteiger partial charge in [-0.2, -0.15) is 13.2 Å². The van der Waals surface area contributed by atoms with Gasteiger partial charge in [0.15, 0.2) is 5.69 Å². The fourth-order valence-corrected chi connectivity index (χ4v) is 1.70. The first-order valence-electron chi connectivity index (χ1n) is 3.23. The summed E-state index contributed by atoms with van der Waals surface area (Å²) in [6.07, 6.45) is -3.40. The molecule has 0 amide bonds. The normalized spacial score (nSPS) is 11.8. The van der Waals surface area contributed by atoms with Crippen LogP contribution in [0.25, 0.3) is 0 Å². The molecule has 0 radical (unpaired) electrons. The molecule has 0 atom stereocenters. The van der Waals surface area contributed by atoms with Gasteiger partial charge in [-0.25, -0.2) is 0 Å². The highest BCUT2D eigenvalue weighted by molar-refractivity contribution is 9.08. The van der Waals surface area contributed by atoms with E-state index >= 15 is 0 Å². The van der Waals surface area contributed by atoms with Crippen LogP contribution in [0.1, 0.15) is 11.3 Å². The second-order valence-electron chi connectivity index (χ2n) is 2.26. The van der Waals surface area contributed by atoms with Crippen LogP contribution >= 0.6 is 27.5 Å². The van der Waals surface area contributed by atoms with E-state index in [1.807, 2.05) is 0 Å². The first kappa shape index (κ1) is 10.8. The summed E-state index contributed by atoms with van der Waals surface area (Å²) in [5.74, 6) is 0. The Morgan fingerprint density at radius 3 is 2.54 bits per heavy atom. The first-order valence-corrected chi connectivity index (χ1v) is 4.73. The first-order chi connectivity index (χ1) is 5.96. The van der Waals surface area contributed by atoms with Gasteiger partial charge in [0.2, 0.25) is 0 Å². The fourth-order valence-electron chi connectivity index (χ4n) is 0.785. The number of pyridine rings is 1. The average Bonchev–Trinajstić information content (AvgIpc) is 2.02. The summed E-state index contributed by atoms with van der Waals surface area (Å²) in [5, 5.41) is -0.0656. The quantitative estimate of drug-likeness (QED) is 0.712. The maximum atomic E-state index is 12.2. The summed E-state index contributed by atoms with van der Waals surface area (Å²) in [4.78, 5) is 3.18. The Kier molecular flexibility index (Phi) is 3.18. The number of hydrogen-bond acceptors (Lipinski definition) is 1. The predicted octanol–water partition coefficient (Wildman–Crippen LogP) is 3.65. The molecular weight excluding hydrogens is 270 g/mol. The van der Waals surface area contributed by atoms with Gasteiger partial charge < -0.3 is 0 Å². The highest BCUT2D eigenvalue weighted by Gasteiger charge is 2.35. The molecule has 0 fully saturated rings. The van der Waals surface area contributed by atoms with Crippen molar-refractivity contribution in [3.63, 3.8) is 0 Å². The van der Waals surface area contributed by atoms with Gasteiger partial charge in [0.1, 0.15) is 0 Å². The summed E-state index contributed by atoms with van der Waals surface area (Å²) < 4.78 is 36.6. The van der Waals surface area contributed by atoms with Crippen molar-refractivity contribution in [1.82, 2.24) is 4.98 Å². The van der Waals surface area contributed by atoms with Crippen LogP contribution in [0.4, 0.5) is 13.2 Å². The predicted molar refractivity (Wildman–Crippen MR) is 46.9 cm³/mol. The van der Waals surface area contributed by atoms with Crippen molar-refractivity contribution in [1.29, 1.82) is 0 Å². The lowest BCUT2D eigenvalue weighted by atomic mass is 10.2. The van der Waals surface area contributed by atoms with E-state index in [1.54, 1.807) is 0 Å². The largest absolute Gasteiger partial charge is 0.434 e. The molecular formula is C7H4BrClF3N. The average molecular weight is 274 g/mol. The van der Waals surface area contributed by atoms with Gasteiger partial charge in [-0.1, -0.05) is 27.5 Å². The third-order valence-electron chi connectivity index (χ3n) is 1.38. The minimum absolute atomic E-state index is 0.275. The molecule has 0 N–H and O–H groups in total. The molecule has 0 saturated heterocycles. The molecule has 1 aromatic rings. The van der Waals surface area contributed by atoms with Crippen LogP contribution < -0.4 is 0 Å². The van der Waals surface area contributed by atoms with Gasteiger partial charge in [-0.05, 0) is 11.6 Å². The van der Waals surface area contributed by atoms with Gasteiger partial charge in [-0.3, -0.25) is 4.98 Å². The molecule has 0 aromatic carbocycles. The third-order valence-corrected chi connectivity index (χ3v) is 2.41. The van der Waals surface area contributed by atoms with Crippen molar-refractivity contribution >= 4 is 27.5 Å². The van der Waals surface area contributed by atoms with Crippen LogP contribution in [-0.2, 0) is 11.5 Å². The summed E-state index contributed by atoms with van der Waals surface area (Å²) >= 11 is 8.51. The zero-order valence-corrected chi connectivity index (χ0v) is 8.54. The van der Waals surface area contributed by atoms with E-state index in [0.717, 1.165) is 6.20 Å². The Morgan fingerprint density at radius 1 is 1.46 bits per heavy atom. The zero-order chi connectivity index (χ0) is 10.1. The Labute approximate surface area is 86.0 Å². The number of halogens is 5. The lowest BCUT2D eigenvalue weighted by Gasteiger charge is -2.09. The summed E-state index contributed by atoms with van der Waals surface area (Å²) in [6.45, 7) is 0. The standard InChI is InChI=1S/C7H4BrClF3N/c8-3-4-1-2-13-6(5(4)9)7(10,11)12/h1-2H,3H2. The zero-order valence-electron chi connectivity index (χ0n) is 6.20. The molecule has 13 heavy (non-hydrogen) atoms. The second-order valence-corrected chi connectivity index (χ2v) is 3.20. The maximum Gasteiger partial charge on any atom is 0.434 e. The molecule has 0 unspecified atom stereocenters. The molecule has 1 aromatic heterocycles. The minimum Gasteiger partial charge on any atom is -0.250 e. The van der Waals surface area contributed by atoms with Gasteiger partial charge in [0, 0.05) is 11.5 Å². The molecule has 0 spiro atoms. The van der Waals surface area contributed by atoms with Crippen molar-refractivity contribution in [2.24, 2.45) is 0 Å². The Hall–Kier alpha value is -0.290. The minimum atomic E-state index is -4.49. The van der Waals surface area contributed by atoms with E-state index in [2.05, 4.69) is 20.9 Å². The van der Waals surface area contributed by atoms with E-state index in [-0.39, 0.29) is 10.4 Å². The number of aromatic nitrogens is 1. The summed E-state index contributed by atoms with van der Waals surface area (Å²) in [7, 11) is 0. The van der Waals surface area contributed by atoms with Crippen molar-refractivity contribution < 1.29 is 13.2 Å².